The fourth-order valence-corrected chi connectivity index (χ4v) is 3.40. The van der Waals surface area contributed by atoms with Gasteiger partial charge in [0.2, 0.25) is 0 Å². The van der Waals surface area contributed by atoms with Gasteiger partial charge in [-0.05, 0) is 54.6 Å². The van der Waals surface area contributed by atoms with Crippen molar-refractivity contribution in [1.82, 2.24) is 4.98 Å². The molecular weight excluding hydrogens is 417 g/mol. The maximum atomic E-state index is 12.5. The van der Waals surface area contributed by atoms with Gasteiger partial charge in [-0.3, -0.25) is 9.69 Å². The van der Waals surface area contributed by atoms with E-state index in [1.54, 1.807) is 24.6 Å². The van der Waals surface area contributed by atoms with Crippen LogP contribution in [-0.2, 0) is 4.79 Å². The van der Waals surface area contributed by atoms with E-state index in [1.807, 2.05) is 12.1 Å². The summed E-state index contributed by atoms with van der Waals surface area (Å²) in [5.41, 5.74) is 1.94. The van der Waals surface area contributed by atoms with Crippen molar-refractivity contribution in [3.8, 4) is 22.8 Å². The molecule has 0 aliphatic heterocycles. The summed E-state index contributed by atoms with van der Waals surface area (Å²) >= 11 is 1.25. The third-order valence-corrected chi connectivity index (χ3v) is 4.79. The number of methoxy groups -OCH3 is 1. The molecule has 0 N–H and O–H groups in total. The molecule has 3 rings (SSSR count). The smallest absolute Gasteiger partial charge is 0.422 e. The quantitative estimate of drug-likeness (QED) is 0.454. The largest absolute Gasteiger partial charge is 0.497 e. The van der Waals surface area contributed by atoms with E-state index in [4.69, 9.17) is 9.47 Å². The monoisotopic (exact) mass is 434 g/mol. The minimum absolute atomic E-state index is 0.0418. The van der Waals surface area contributed by atoms with Crippen molar-refractivity contribution < 1.29 is 27.4 Å². The normalized spacial score (nSPS) is 11.1. The summed E-state index contributed by atoms with van der Waals surface area (Å²) < 4.78 is 46.8. The zero-order valence-electron chi connectivity index (χ0n) is 15.8. The molecule has 1 amide bonds. The van der Waals surface area contributed by atoms with Crippen molar-refractivity contribution in [2.75, 3.05) is 18.6 Å². The Hall–Kier alpha value is -3.33. The number of hydrogen-bond acceptors (Lipinski definition) is 5. The number of carbonyl (C=O) groups excluding carboxylic acids is 1. The van der Waals surface area contributed by atoms with E-state index in [2.05, 4.69) is 11.6 Å². The summed E-state index contributed by atoms with van der Waals surface area (Å²) in [5, 5.41) is 2.20. The van der Waals surface area contributed by atoms with Gasteiger partial charge in [-0.1, -0.05) is 6.58 Å². The van der Waals surface area contributed by atoms with Gasteiger partial charge >= 0.3 is 6.18 Å². The van der Waals surface area contributed by atoms with E-state index in [1.165, 1.54) is 40.5 Å². The van der Waals surface area contributed by atoms with Crippen LogP contribution >= 0.6 is 11.3 Å². The van der Waals surface area contributed by atoms with Crippen molar-refractivity contribution in [1.29, 1.82) is 0 Å². The lowest BCUT2D eigenvalue weighted by Crippen LogP contribution is -2.23. The zero-order chi connectivity index (χ0) is 21.7. The number of thiazole rings is 1. The molecule has 1 aromatic heterocycles. The molecule has 0 saturated carbocycles. The number of nitrogens with zero attached hydrogens (tertiary/aromatic N) is 2. The number of carbonyl (C=O) groups is 1. The number of benzene rings is 2. The number of anilines is 2. The number of alkyl halides is 3. The number of hydrogen-bond donors (Lipinski definition) is 0. The fourth-order valence-electron chi connectivity index (χ4n) is 2.54. The second-order valence-electron chi connectivity index (χ2n) is 6.02. The summed E-state index contributed by atoms with van der Waals surface area (Å²) in [5.74, 6) is 0.334. The van der Waals surface area contributed by atoms with Crippen LogP contribution in [0.2, 0.25) is 0 Å². The van der Waals surface area contributed by atoms with Gasteiger partial charge in [-0.25, -0.2) is 4.98 Å². The van der Waals surface area contributed by atoms with Crippen molar-refractivity contribution >= 4 is 28.1 Å². The van der Waals surface area contributed by atoms with Crippen LogP contribution in [0.5, 0.6) is 11.5 Å². The van der Waals surface area contributed by atoms with Gasteiger partial charge < -0.3 is 9.47 Å². The molecule has 3 aromatic rings. The highest BCUT2D eigenvalue weighted by Gasteiger charge is 2.28. The number of ether oxygens (including phenoxy) is 2. The average molecular weight is 434 g/mol. The molecule has 0 aliphatic carbocycles. The van der Waals surface area contributed by atoms with E-state index < -0.39 is 18.7 Å². The molecule has 0 unspecified atom stereocenters. The summed E-state index contributed by atoms with van der Waals surface area (Å²) in [4.78, 5) is 18.3. The maximum Gasteiger partial charge on any atom is 0.422 e. The Morgan fingerprint density at radius 2 is 1.77 bits per heavy atom. The van der Waals surface area contributed by atoms with Gasteiger partial charge in [0, 0.05) is 10.9 Å². The lowest BCUT2D eigenvalue weighted by molar-refractivity contribution is -0.153. The molecular formula is C21H17F3N2O3S. The lowest BCUT2D eigenvalue weighted by Gasteiger charge is -2.18. The molecule has 0 atom stereocenters. The third-order valence-electron chi connectivity index (χ3n) is 3.96. The van der Waals surface area contributed by atoms with Crippen LogP contribution in [0.25, 0.3) is 11.3 Å². The van der Waals surface area contributed by atoms with Crippen LogP contribution in [-0.4, -0.2) is 30.8 Å². The van der Waals surface area contributed by atoms with E-state index in [9.17, 15) is 18.0 Å². The summed E-state index contributed by atoms with van der Waals surface area (Å²) in [6, 6.07) is 13.0. The van der Waals surface area contributed by atoms with E-state index in [0.29, 0.717) is 22.3 Å². The van der Waals surface area contributed by atoms with E-state index in [0.717, 1.165) is 11.6 Å². The zero-order valence-corrected chi connectivity index (χ0v) is 16.7. The second-order valence-corrected chi connectivity index (χ2v) is 6.86. The SMILES string of the molecule is C=CC(=O)N(c1ccc(OCC(F)(F)F)cc1)c1nc(-c2ccc(OC)cc2)cs1. The first-order chi connectivity index (χ1) is 14.3. The van der Waals surface area contributed by atoms with Gasteiger partial charge in [0.25, 0.3) is 5.91 Å². The molecule has 30 heavy (non-hydrogen) atoms. The molecule has 2 aromatic carbocycles. The Kier molecular flexibility index (Phi) is 6.41. The van der Waals surface area contributed by atoms with Crippen LogP contribution in [0.15, 0.2) is 66.6 Å². The topological polar surface area (TPSA) is 51.7 Å². The number of rotatable bonds is 7. The predicted octanol–water partition coefficient (Wildman–Crippen LogP) is 5.61. The average Bonchev–Trinajstić information content (AvgIpc) is 3.22. The van der Waals surface area contributed by atoms with Crippen LogP contribution in [0, 0.1) is 0 Å². The van der Waals surface area contributed by atoms with E-state index in [-0.39, 0.29) is 5.75 Å². The molecule has 0 aliphatic rings. The van der Waals surface area contributed by atoms with Crippen molar-refractivity contribution in [2.24, 2.45) is 0 Å². The molecule has 0 fully saturated rings. The van der Waals surface area contributed by atoms with Crippen LogP contribution < -0.4 is 14.4 Å². The first-order valence-corrected chi connectivity index (χ1v) is 9.55. The summed E-state index contributed by atoms with van der Waals surface area (Å²) in [6.45, 7) is 2.12. The highest BCUT2D eigenvalue weighted by atomic mass is 32.1. The van der Waals surface area contributed by atoms with Crippen molar-refractivity contribution in [2.45, 2.75) is 6.18 Å². The minimum Gasteiger partial charge on any atom is -0.497 e. The second kappa shape index (κ2) is 9.00. The maximum absolute atomic E-state index is 12.5. The highest BCUT2D eigenvalue weighted by Crippen LogP contribution is 2.34. The van der Waals surface area contributed by atoms with Gasteiger partial charge in [-0.2, -0.15) is 13.2 Å². The van der Waals surface area contributed by atoms with Gasteiger partial charge in [-0.15, -0.1) is 11.3 Å². The third kappa shape index (κ3) is 5.18. The Balaban J connectivity index is 1.85. The standard InChI is InChI=1S/C21H17F3N2O3S/c1-3-19(27)26(15-6-10-17(11-7-15)29-13-21(22,23)24)20-25-18(12-30-20)14-4-8-16(28-2)9-5-14/h3-12H,1,13H2,2H3. The van der Waals surface area contributed by atoms with Crippen LogP contribution in [0.3, 0.4) is 0 Å². The Bertz CT molecular complexity index is 1020. The molecule has 5 nitrogen and oxygen atoms in total. The molecule has 0 saturated heterocycles. The number of amides is 1. The Labute approximate surface area is 175 Å². The van der Waals surface area contributed by atoms with E-state index >= 15 is 0 Å². The molecule has 0 radical (unpaired) electrons. The summed E-state index contributed by atoms with van der Waals surface area (Å²) in [7, 11) is 1.58. The van der Waals surface area contributed by atoms with Crippen molar-refractivity contribution in [3.63, 3.8) is 0 Å². The Morgan fingerprint density at radius 3 is 2.33 bits per heavy atom. The van der Waals surface area contributed by atoms with Crippen LogP contribution in [0.4, 0.5) is 24.0 Å². The molecule has 1 heterocycles. The molecule has 0 bridgehead atoms. The van der Waals surface area contributed by atoms with Gasteiger partial charge in [0.1, 0.15) is 11.5 Å². The predicted molar refractivity (Wildman–Crippen MR) is 109 cm³/mol. The fraction of sp³-hybridized carbons (Fsp3) is 0.143. The molecule has 9 heteroatoms. The van der Waals surface area contributed by atoms with Gasteiger partial charge in [0.15, 0.2) is 11.7 Å². The van der Waals surface area contributed by atoms with Crippen LogP contribution in [0.1, 0.15) is 0 Å². The van der Waals surface area contributed by atoms with Crippen molar-refractivity contribution in [3.05, 3.63) is 66.6 Å². The summed E-state index contributed by atoms with van der Waals surface area (Å²) in [6.07, 6.45) is -3.29. The highest BCUT2D eigenvalue weighted by molar-refractivity contribution is 7.14. The number of halogens is 3. The first kappa shape index (κ1) is 21.4. The lowest BCUT2D eigenvalue weighted by atomic mass is 10.2. The molecule has 0 spiro atoms. The molecule has 156 valence electrons. The minimum atomic E-state index is -4.43. The van der Waals surface area contributed by atoms with Gasteiger partial charge in [0.05, 0.1) is 18.5 Å². The number of aromatic nitrogens is 1. The Morgan fingerprint density at radius 1 is 1.13 bits per heavy atom. The first-order valence-electron chi connectivity index (χ1n) is 8.67.